The van der Waals surface area contributed by atoms with E-state index in [0.29, 0.717) is 0 Å². The highest BCUT2D eigenvalue weighted by Crippen LogP contribution is 2.17. The number of methoxy groups -OCH3 is 1. The lowest BCUT2D eigenvalue weighted by molar-refractivity contribution is -0.115. The molecule has 0 saturated heterocycles. The molecule has 0 aliphatic heterocycles. The number of ether oxygens (including phenoxy) is 1. The fourth-order valence-corrected chi connectivity index (χ4v) is 1.15. The Morgan fingerprint density at radius 1 is 1.47 bits per heavy atom. The summed E-state index contributed by atoms with van der Waals surface area (Å²) in [5.74, 6) is -1.81. The van der Waals surface area contributed by atoms with E-state index >= 15 is 0 Å². The summed E-state index contributed by atoms with van der Waals surface area (Å²) in [4.78, 5) is 22.5. The molecule has 0 aromatic heterocycles. The fraction of sp³-hybridized carbons (Fsp3) is 0.273. The van der Waals surface area contributed by atoms with Gasteiger partial charge in [0.15, 0.2) is 0 Å². The molecule has 0 saturated carbocycles. The summed E-state index contributed by atoms with van der Waals surface area (Å²) in [5.41, 5.74) is 0.0387. The van der Waals surface area contributed by atoms with Crippen molar-refractivity contribution in [1.29, 1.82) is 0 Å². The molecule has 1 aromatic carbocycles. The molecule has 1 unspecified atom stereocenters. The van der Waals surface area contributed by atoms with Gasteiger partial charge in [0, 0.05) is 0 Å². The SMILES string of the molecule is COC(=O)c1ccc(F)c(NC(=O)C(C)Cl)c1. The molecule has 0 fully saturated rings. The highest BCUT2D eigenvalue weighted by molar-refractivity contribution is 6.32. The Morgan fingerprint density at radius 2 is 2.12 bits per heavy atom. The van der Waals surface area contributed by atoms with Crippen molar-refractivity contribution in [3.05, 3.63) is 29.6 Å². The molecule has 0 bridgehead atoms. The summed E-state index contributed by atoms with van der Waals surface area (Å²) in [7, 11) is 1.21. The number of rotatable bonds is 3. The van der Waals surface area contributed by atoms with E-state index in [-0.39, 0.29) is 11.3 Å². The van der Waals surface area contributed by atoms with Gasteiger partial charge in [-0.25, -0.2) is 9.18 Å². The molecule has 4 nitrogen and oxygen atoms in total. The predicted octanol–water partition coefficient (Wildman–Crippen LogP) is 2.18. The second-order valence-corrected chi connectivity index (χ2v) is 3.95. The van der Waals surface area contributed by atoms with E-state index in [4.69, 9.17) is 11.6 Å². The van der Waals surface area contributed by atoms with Crippen LogP contribution in [0.2, 0.25) is 0 Å². The number of nitrogens with one attached hydrogen (secondary N) is 1. The van der Waals surface area contributed by atoms with Crippen LogP contribution in [0.15, 0.2) is 18.2 Å². The highest BCUT2D eigenvalue weighted by atomic mass is 35.5. The molecule has 0 radical (unpaired) electrons. The Kier molecular flexibility index (Phi) is 4.45. The van der Waals surface area contributed by atoms with Crippen LogP contribution < -0.4 is 5.32 Å². The zero-order chi connectivity index (χ0) is 13.0. The van der Waals surface area contributed by atoms with Crippen LogP contribution in [0.3, 0.4) is 0 Å². The Labute approximate surface area is 103 Å². The molecule has 0 aliphatic carbocycles. The van der Waals surface area contributed by atoms with Crippen LogP contribution in [0.5, 0.6) is 0 Å². The van der Waals surface area contributed by atoms with Crippen molar-refractivity contribution < 1.29 is 18.7 Å². The zero-order valence-corrected chi connectivity index (χ0v) is 10.0. The first-order valence-electron chi connectivity index (χ1n) is 4.78. The largest absolute Gasteiger partial charge is 0.465 e. The highest BCUT2D eigenvalue weighted by Gasteiger charge is 2.14. The quantitative estimate of drug-likeness (QED) is 0.669. The molecule has 6 heteroatoms. The van der Waals surface area contributed by atoms with Gasteiger partial charge in [-0.2, -0.15) is 0 Å². The Bertz CT molecular complexity index is 448. The first kappa shape index (κ1) is 13.4. The van der Waals surface area contributed by atoms with Gasteiger partial charge in [-0.1, -0.05) is 0 Å². The third-order valence-electron chi connectivity index (χ3n) is 2.01. The number of alkyl halides is 1. The van der Waals surface area contributed by atoms with Gasteiger partial charge >= 0.3 is 5.97 Å². The summed E-state index contributed by atoms with van der Waals surface area (Å²) >= 11 is 5.53. The van der Waals surface area contributed by atoms with E-state index in [1.807, 2.05) is 0 Å². The standard InChI is InChI=1S/C11H11ClFNO3/c1-6(12)10(15)14-9-5-7(11(16)17-2)3-4-8(9)13/h3-6H,1-2H3,(H,14,15). The fourth-order valence-electron chi connectivity index (χ4n) is 1.10. The molecule has 0 spiro atoms. The van der Waals surface area contributed by atoms with Gasteiger partial charge in [-0.15, -0.1) is 11.6 Å². The molecule has 0 heterocycles. The second-order valence-electron chi connectivity index (χ2n) is 3.29. The first-order valence-corrected chi connectivity index (χ1v) is 5.22. The van der Waals surface area contributed by atoms with E-state index in [9.17, 15) is 14.0 Å². The van der Waals surface area contributed by atoms with Gasteiger partial charge in [-0.05, 0) is 25.1 Å². The minimum atomic E-state index is -0.795. The second kappa shape index (κ2) is 5.63. The lowest BCUT2D eigenvalue weighted by Gasteiger charge is -2.08. The molecule has 1 aromatic rings. The molecular weight excluding hydrogens is 249 g/mol. The molecule has 17 heavy (non-hydrogen) atoms. The third kappa shape index (κ3) is 3.42. The molecule has 92 valence electrons. The van der Waals surface area contributed by atoms with Crippen LogP contribution in [0.1, 0.15) is 17.3 Å². The van der Waals surface area contributed by atoms with Gasteiger partial charge in [0.1, 0.15) is 11.2 Å². The molecular formula is C11H11ClFNO3. The van der Waals surface area contributed by atoms with Crippen LogP contribution in [-0.2, 0) is 9.53 Å². The first-order chi connectivity index (χ1) is 7.95. The van der Waals surface area contributed by atoms with Crippen molar-refractivity contribution >= 4 is 29.2 Å². The van der Waals surface area contributed by atoms with Crippen molar-refractivity contribution in [2.45, 2.75) is 12.3 Å². The lowest BCUT2D eigenvalue weighted by Crippen LogP contribution is -2.21. The zero-order valence-electron chi connectivity index (χ0n) is 9.29. The predicted molar refractivity (Wildman–Crippen MR) is 61.7 cm³/mol. The normalized spacial score (nSPS) is 11.8. The van der Waals surface area contributed by atoms with E-state index in [1.54, 1.807) is 0 Å². The minimum absolute atomic E-state index is 0.106. The Balaban J connectivity index is 2.99. The lowest BCUT2D eigenvalue weighted by atomic mass is 10.2. The summed E-state index contributed by atoms with van der Waals surface area (Å²) in [6.45, 7) is 1.46. The van der Waals surface area contributed by atoms with Crippen LogP contribution in [-0.4, -0.2) is 24.4 Å². The van der Waals surface area contributed by atoms with E-state index in [1.165, 1.54) is 26.2 Å². The average molecular weight is 260 g/mol. The number of esters is 1. The van der Waals surface area contributed by atoms with Gasteiger partial charge in [0.25, 0.3) is 0 Å². The van der Waals surface area contributed by atoms with Crippen molar-refractivity contribution in [3.63, 3.8) is 0 Å². The number of hydrogen-bond donors (Lipinski definition) is 1. The average Bonchev–Trinajstić information content (AvgIpc) is 2.30. The van der Waals surface area contributed by atoms with Crippen molar-refractivity contribution in [3.8, 4) is 0 Å². The van der Waals surface area contributed by atoms with Gasteiger partial charge in [0.2, 0.25) is 5.91 Å². The number of anilines is 1. The summed E-state index contributed by atoms with van der Waals surface area (Å²) in [5, 5.41) is 1.48. The molecule has 1 N–H and O–H groups in total. The number of halogens is 2. The summed E-state index contributed by atoms with van der Waals surface area (Å²) in [6.07, 6.45) is 0. The maximum absolute atomic E-state index is 13.4. The number of carbonyl (C=O) groups is 2. The maximum atomic E-state index is 13.4. The Morgan fingerprint density at radius 3 is 2.65 bits per heavy atom. The topological polar surface area (TPSA) is 55.4 Å². The third-order valence-corrected chi connectivity index (χ3v) is 2.20. The monoisotopic (exact) mass is 259 g/mol. The molecule has 1 atom stereocenters. The number of amides is 1. The van der Waals surface area contributed by atoms with E-state index in [0.717, 1.165) is 6.07 Å². The molecule has 0 aliphatic rings. The van der Waals surface area contributed by atoms with Crippen molar-refractivity contribution in [2.24, 2.45) is 0 Å². The van der Waals surface area contributed by atoms with Crippen LogP contribution in [0.4, 0.5) is 10.1 Å². The van der Waals surface area contributed by atoms with E-state index < -0.39 is 23.1 Å². The maximum Gasteiger partial charge on any atom is 0.337 e. The number of hydrogen-bond acceptors (Lipinski definition) is 3. The number of carbonyl (C=O) groups excluding carboxylic acids is 2. The minimum Gasteiger partial charge on any atom is -0.465 e. The van der Waals surface area contributed by atoms with E-state index in [2.05, 4.69) is 10.1 Å². The summed E-state index contributed by atoms with van der Waals surface area (Å²) in [6, 6.07) is 3.53. The smallest absolute Gasteiger partial charge is 0.337 e. The molecule has 1 amide bonds. The summed E-state index contributed by atoms with van der Waals surface area (Å²) < 4.78 is 17.8. The van der Waals surface area contributed by atoms with Crippen molar-refractivity contribution in [2.75, 3.05) is 12.4 Å². The van der Waals surface area contributed by atoms with Crippen LogP contribution in [0, 0.1) is 5.82 Å². The van der Waals surface area contributed by atoms with Gasteiger partial charge < -0.3 is 10.1 Å². The molecule has 1 rings (SSSR count). The number of benzene rings is 1. The van der Waals surface area contributed by atoms with Crippen LogP contribution in [0.25, 0.3) is 0 Å². The van der Waals surface area contributed by atoms with Gasteiger partial charge in [0.05, 0.1) is 18.4 Å². The van der Waals surface area contributed by atoms with Gasteiger partial charge in [-0.3, -0.25) is 4.79 Å². The van der Waals surface area contributed by atoms with Crippen molar-refractivity contribution in [1.82, 2.24) is 0 Å². The van der Waals surface area contributed by atoms with Crippen LogP contribution >= 0.6 is 11.6 Å². The Hall–Kier alpha value is -1.62.